The molecule has 2 aromatic heterocycles. The number of fused-ring (bicyclic) bond motifs is 6. The first-order valence-electron chi connectivity index (χ1n) is 16.9. The van der Waals surface area contributed by atoms with Gasteiger partial charge in [-0.2, -0.15) is 0 Å². The van der Waals surface area contributed by atoms with Crippen LogP contribution in [-0.2, 0) is 0 Å². The van der Waals surface area contributed by atoms with Gasteiger partial charge in [0.2, 0.25) is 0 Å². The molecular formula is C46H32IN4-. The van der Waals surface area contributed by atoms with Crippen molar-refractivity contribution in [2.45, 2.75) is 6.92 Å². The fraction of sp³-hybridized carbons (Fsp3) is 0.0217. The van der Waals surface area contributed by atoms with Crippen LogP contribution >= 0.6 is 0 Å². The molecule has 1 aliphatic rings. The summed E-state index contributed by atoms with van der Waals surface area (Å²) < 4.78 is 5.28. The van der Waals surface area contributed by atoms with Gasteiger partial charge in [-0.25, -0.2) is 9.98 Å². The molecule has 6 aromatic carbocycles. The Morgan fingerprint density at radius 2 is 1.24 bits per heavy atom. The summed E-state index contributed by atoms with van der Waals surface area (Å²) in [4.78, 5) is 14.9. The van der Waals surface area contributed by atoms with Crippen molar-refractivity contribution in [2.75, 3.05) is 0 Å². The zero-order valence-corrected chi connectivity index (χ0v) is 30.1. The summed E-state index contributed by atoms with van der Waals surface area (Å²) in [6.07, 6.45) is 1.91. The van der Waals surface area contributed by atoms with E-state index in [2.05, 4.69) is 108 Å². The molecule has 51 heavy (non-hydrogen) atoms. The molecule has 0 bridgehead atoms. The number of nitrogens with zero attached hydrogens (tertiary/aromatic N) is 4. The molecule has 0 N–H and O–H groups in total. The van der Waals surface area contributed by atoms with E-state index in [1.54, 1.807) is 0 Å². The molecule has 3 heterocycles. The predicted molar refractivity (Wildman–Crippen MR) is 208 cm³/mol. The summed E-state index contributed by atoms with van der Waals surface area (Å²) in [5.41, 5.74) is 11.8. The van der Waals surface area contributed by atoms with Crippen molar-refractivity contribution in [1.82, 2.24) is 9.55 Å². The average Bonchev–Trinajstić information content (AvgIpc) is 3.73. The van der Waals surface area contributed by atoms with Crippen molar-refractivity contribution in [3.63, 3.8) is 0 Å². The molecule has 0 spiro atoms. The van der Waals surface area contributed by atoms with Crippen LogP contribution in [0.15, 0.2) is 180 Å². The first-order valence-corrected chi connectivity index (χ1v) is 19.1. The molecule has 9 rings (SSSR count). The summed E-state index contributed by atoms with van der Waals surface area (Å²) in [5, 5.41) is 2.42. The summed E-state index contributed by atoms with van der Waals surface area (Å²) in [5.74, 6) is 1.47. The van der Waals surface area contributed by atoms with Crippen molar-refractivity contribution >= 4 is 39.1 Å². The molecule has 4 nitrogen and oxygen atoms in total. The number of hydrogen-bond acceptors (Lipinski definition) is 2. The van der Waals surface area contributed by atoms with Gasteiger partial charge in [0.25, 0.3) is 0 Å². The second-order valence-corrected chi connectivity index (χ2v) is 15.4. The minimum absolute atomic E-state index is 0.118. The van der Waals surface area contributed by atoms with Gasteiger partial charge in [-0.3, -0.25) is 0 Å². The average molecular weight is 768 g/mol. The van der Waals surface area contributed by atoms with Gasteiger partial charge in [0.15, 0.2) is 5.84 Å². The van der Waals surface area contributed by atoms with Crippen LogP contribution < -0.4 is 21.2 Å². The molecule has 0 saturated heterocycles. The van der Waals surface area contributed by atoms with Crippen LogP contribution in [-0.4, -0.2) is 21.1 Å². The number of pyridine rings is 1. The number of halogens is 1. The van der Waals surface area contributed by atoms with Gasteiger partial charge >= 0.3 is 191 Å². The van der Waals surface area contributed by atoms with Crippen molar-refractivity contribution in [1.29, 1.82) is 0 Å². The maximum absolute atomic E-state index is 5.01. The Hall–Kier alpha value is -5.92. The van der Waals surface area contributed by atoms with Gasteiger partial charge in [-0.15, -0.1) is 0 Å². The molecule has 0 aliphatic carbocycles. The molecular weight excluding hydrogens is 735 g/mol. The van der Waals surface area contributed by atoms with Crippen molar-refractivity contribution in [2.24, 2.45) is 9.98 Å². The van der Waals surface area contributed by atoms with Crippen LogP contribution in [0.4, 0.5) is 0 Å². The molecule has 0 atom stereocenters. The number of hydrogen-bond donors (Lipinski definition) is 0. The van der Waals surface area contributed by atoms with E-state index in [1.165, 1.54) is 40.2 Å². The van der Waals surface area contributed by atoms with Gasteiger partial charge in [0.1, 0.15) is 0 Å². The molecule has 1 aliphatic heterocycles. The fourth-order valence-corrected chi connectivity index (χ4v) is 9.66. The fourth-order valence-electron chi connectivity index (χ4n) is 6.78. The van der Waals surface area contributed by atoms with Crippen LogP contribution in [0.3, 0.4) is 0 Å². The van der Waals surface area contributed by atoms with E-state index >= 15 is 0 Å². The van der Waals surface area contributed by atoms with Crippen molar-refractivity contribution in [3.8, 4) is 28.1 Å². The first kappa shape index (κ1) is 31.1. The summed E-state index contributed by atoms with van der Waals surface area (Å²) in [6, 6.07) is 55.5. The van der Waals surface area contributed by atoms with Crippen molar-refractivity contribution < 1.29 is 21.2 Å². The third-order valence-corrected chi connectivity index (χ3v) is 12.4. The molecule has 0 saturated carbocycles. The Morgan fingerprint density at radius 3 is 2.04 bits per heavy atom. The van der Waals surface area contributed by atoms with E-state index in [-0.39, 0.29) is 21.2 Å². The van der Waals surface area contributed by atoms with Crippen LogP contribution in [0.2, 0.25) is 0 Å². The smallest absolute Gasteiger partial charge is 0.0622 e. The number of rotatable bonds is 6. The number of aromatic nitrogens is 2. The van der Waals surface area contributed by atoms with E-state index in [0.717, 1.165) is 39.3 Å². The molecule has 0 fully saturated rings. The molecule has 0 amide bonds. The number of para-hydroxylation sites is 1. The minimum atomic E-state index is -0.118. The Labute approximate surface area is 307 Å². The topological polar surface area (TPSA) is 42.5 Å². The third-order valence-electron chi connectivity index (χ3n) is 9.39. The Kier molecular flexibility index (Phi) is 7.97. The Bertz CT molecular complexity index is 2670. The monoisotopic (exact) mass is 767 g/mol. The molecule has 8 aromatic rings. The van der Waals surface area contributed by atoms with E-state index in [4.69, 9.17) is 15.0 Å². The van der Waals surface area contributed by atoms with Gasteiger partial charge in [-0.1, -0.05) is 67.2 Å². The molecule has 5 heteroatoms. The van der Waals surface area contributed by atoms with E-state index < -0.39 is 0 Å². The van der Waals surface area contributed by atoms with Crippen LogP contribution in [0.25, 0.3) is 55.6 Å². The van der Waals surface area contributed by atoms with Gasteiger partial charge in [0, 0.05) is 16.8 Å². The van der Waals surface area contributed by atoms with E-state index in [9.17, 15) is 0 Å². The maximum atomic E-state index is 5.01. The zero-order valence-electron chi connectivity index (χ0n) is 28.0. The van der Waals surface area contributed by atoms with E-state index in [0.29, 0.717) is 11.5 Å². The Morgan fingerprint density at radius 1 is 0.569 bits per heavy atom. The van der Waals surface area contributed by atoms with Gasteiger partial charge in [0.05, 0.1) is 5.70 Å². The second kappa shape index (κ2) is 13.1. The standard InChI is InChI=1S/C46H32IN4/c1-30(32-13-5-3-6-14-32)49-46(33-15-7-4-8-16-33)50-31(2)36-23-26-45(48-29-36)51-43-20-12-10-18-38(43)40-28-35(22-25-44(40)51)34-21-24-42-39(27-34)37-17-9-11-19-41(37)47-42/h3-29H,1H2,2H3/q-1. The SMILES string of the molecule is C=C(N=C(N=C(C)c1ccc(-n2c3ccccc3c3cc(-c4ccc5c(c4)-c4ccccc4[I-]5)ccc32)nc1)c1ccccc1)c1ccccc1. The van der Waals surface area contributed by atoms with Crippen LogP contribution in [0.1, 0.15) is 23.6 Å². The number of amidine groups is 1. The number of aliphatic imine (C=N–C) groups is 2. The normalized spacial score (nSPS) is 12.8. The van der Waals surface area contributed by atoms with E-state index in [1.807, 2.05) is 73.8 Å². The molecule has 0 radical (unpaired) electrons. The molecule has 244 valence electrons. The minimum Gasteiger partial charge on any atom is -0.0622 e. The molecule has 0 unspecified atom stereocenters. The van der Waals surface area contributed by atoms with Gasteiger partial charge < -0.3 is 0 Å². The number of benzene rings is 6. The van der Waals surface area contributed by atoms with Gasteiger partial charge in [-0.05, 0) is 12.5 Å². The zero-order chi connectivity index (χ0) is 34.3. The van der Waals surface area contributed by atoms with Crippen LogP contribution in [0, 0.1) is 7.14 Å². The van der Waals surface area contributed by atoms with Crippen LogP contribution in [0.5, 0.6) is 0 Å². The summed E-state index contributed by atoms with van der Waals surface area (Å²) in [6.45, 7) is 6.24. The van der Waals surface area contributed by atoms with Crippen molar-refractivity contribution in [3.05, 3.63) is 194 Å². The first-order chi connectivity index (χ1) is 25.1. The third kappa shape index (κ3) is 5.79. The predicted octanol–water partition coefficient (Wildman–Crippen LogP) is 7.88. The second-order valence-electron chi connectivity index (χ2n) is 12.6. The summed E-state index contributed by atoms with van der Waals surface area (Å²) >= 11 is -0.118. The Balaban J connectivity index is 1.08. The quantitative estimate of drug-likeness (QED) is 0.0966. The summed E-state index contributed by atoms with van der Waals surface area (Å²) in [7, 11) is 0.